The van der Waals surface area contributed by atoms with Gasteiger partial charge in [-0.1, -0.05) is 28.1 Å². The van der Waals surface area contributed by atoms with Crippen LogP contribution >= 0.6 is 15.9 Å². The van der Waals surface area contributed by atoms with Crippen molar-refractivity contribution in [1.29, 1.82) is 0 Å². The molecule has 3 nitrogen and oxygen atoms in total. The smallest absolute Gasteiger partial charge is 0.267 e. The van der Waals surface area contributed by atoms with Gasteiger partial charge in [0.25, 0.3) is 5.91 Å². The van der Waals surface area contributed by atoms with Gasteiger partial charge in [0.15, 0.2) is 0 Å². The number of carbonyl (C=O) groups excluding carboxylic acids is 1. The van der Waals surface area contributed by atoms with Crippen LogP contribution in [0.3, 0.4) is 0 Å². The van der Waals surface area contributed by atoms with E-state index in [2.05, 4.69) is 26.2 Å². The van der Waals surface area contributed by atoms with Crippen LogP contribution in [0.4, 0.5) is 0 Å². The van der Waals surface area contributed by atoms with E-state index >= 15 is 0 Å². The predicted molar refractivity (Wildman–Crippen MR) is 66.1 cm³/mol. The van der Waals surface area contributed by atoms with Crippen molar-refractivity contribution in [3.8, 4) is 0 Å². The molecule has 1 aromatic carbocycles. The zero-order valence-corrected chi connectivity index (χ0v) is 10.1. The summed E-state index contributed by atoms with van der Waals surface area (Å²) in [6, 6.07) is 11.4. The van der Waals surface area contributed by atoms with E-state index in [-0.39, 0.29) is 5.91 Å². The van der Waals surface area contributed by atoms with E-state index in [1.165, 1.54) is 0 Å². The first-order valence-corrected chi connectivity index (χ1v) is 5.71. The Labute approximate surface area is 102 Å². The molecule has 0 atom stereocenters. The summed E-state index contributed by atoms with van der Waals surface area (Å²) in [4.78, 5) is 14.5. The maximum Gasteiger partial charge on any atom is 0.267 e. The highest BCUT2D eigenvalue weighted by atomic mass is 79.9. The van der Waals surface area contributed by atoms with Gasteiger partial charge in [-0.2, -0.15) is 0 Å². The van der Waals surface area contributed by atoms with Crippen LogP contribution in [0.5, 0.6) is 0 Å². The maximum absolute atomic E-state index is 11.6. The molecule has 16 heavy (non-hydrogen) atoms. The number of aromatic nitrogens is 1. The molecular formula is C12H11BrN2O. The van der Waals surface area contributed by atoms with Crippen molar-refractivity contribution in [2.75, 3.05) is 0 Å². The Bertz CT molecular complexity index is 480. The molecule has 0 radical (unpaired) electrons. The van der Waals surface area contributed by atoms with E-state index < -0.39 is 0 Å². The van der Waals surface area contributed by atoms with Gasteiger partial charge < -0.3 is 10.3 Å². The Morgan fingerprint density at radius 1 is 1.31 bits per heavy atom. The van der Waals surface area contributed by atoms with Crippen LogP contribution in [0.2, 0.25) is 0 Å². The predicted octanol–water partition coefficient (Wildman–Crippen LogP) is 2.71. The average molecular weight is 279 g/mol. The molecule has 0 aliphatic rings. The Kier molecular flexibility index (Phi) is 3.41. The Morgan fingerprint density at radius 3 is 2.88 bits per heavy atom. The lowest BCUT2D eigenvalue weighted by atomic mass is 10.2. The number of benzene rings is 1. The molecule has 0 aliphatic heterocycles. The molecule has 2 N–H and O–H groups in total. The maximum atomic E-state index is 11.6. The molecule has 4 heteroatoms. The van der Waals surface area contributed by atoms with Gasteiger partial charge in [-0.15, -0.1) is 0 Å². The highest BCUT2D eigenvalue weighted by Crippen LogP contribution is 2.11. The highest BCUT2D eigenvalue weighted by Gasteiger charge is 2.04. The molecule has 1 aromatic heterocycles. The second-order valence-corrected chi connectivity index (χ2v) is 4.31. The standard InChI is InChI=1S/C12H11BrN2O/c13-10-4-1-3-9(7-10)8-15-12(16)11-5-2-6-14-11/h1-7,14H,8H2,(H,15,16). The molecule has 82 valence electrons. The minimum absolute atomic E-state index is 0.0926. The molecular weight excluding hydrogens is 268 g/mol. The van der Waals surface area contributed by atoms with Gasteiger partial charge in [-0.05, 0) is 29.8 Å². The topological polar surface area (TPSA) is 44.9 Å². The third kappa shape index (κ3) is 2.73. The van der Waals surface area contributed by atoms with Gasteiger partial charge in [0, 0.05) is 17.2 Å². The monoisotopic (exact) mass is 278 g/mol. The quantitative estimate of drug-likeness (QED) is 0.891. The zero-order chi connectivity index (χ0) is 11.4. The Morgan fingerprint density at radius 2 is 2.19 bits per heavy atom. The summed E-state index contributed by atoms with van der Waals surface area (Å²) >= 11 is 3.39. The number of halogens is 1. The van der Waals surface area contributed by atoms with Gasteiger partial charge in [-0.25, -0.2) is 0 Å². The number of H-pyrrole nitrogens is 1. The third-order valence-corrected chi connectivity index (χ3v) is 2.68. The number of amides is 1. The van der Waals surface area contributed by atoms with Gasteiger partial charge in [0.2, 0.25) is 0 Å². The van der Waals surface area contributed by atoms with Crippen LogP contribution in [0.25, 0.3) is 0 Å². The zero-order valence-electron chi connectivity index (χ0n) is 8.53. The lowest BCUT2D eigenvalue weighted by molar-refractivity contribution is 0.0946. The minimum atomic E-state index is -0.0926. The summed E-state index contributed by atoms with van der Waals surface area (Å²) in [7, 11) is 0. The SMILES string of the molecule is O=C(NCc1cccc(Br)c1)c1ccc[nH]1. The molecule has 0 bridgehead atoms. The highest BCUT2D eigenvalue weighted by molar-refractivity contribution is 9.10. The normalized spacial score (nSPS) is 10.1. The number of aromatic amines is 1. The van der Waals surface area contributed by atoms with E-state index in [1.54, 1.807) is 18.3 Å². The average Bonchev–Trinajstić information content (AvgIpc) is 2.79. The summed E-state index contributed by atoms with van der Waals surface area (Å²) in [5.74, 6) is -0.0926. The van der Waals surface area contributed by atoms with Crippen molar-refractivity contribution < 1.29 is 4.79 Å². The fourth-order valence-corrected chi connectivity index (χ4v) is 1.84. The van der Waals surface area contributed by atoms with Gasteiger partial charge in [0.05, 0.1) is 0 Å². The van der Waals surface area contributed by atoms with Crippen LogP contribution < -0.4 is 5.32 Å². The van der Waals surface area contributed by atoms with Crippen molar-refractivity contribution >= 4 is 21.8 Å². The lowest BCUT2D eigenvalue weighted by Gasteiger charge is -2.04. The van der Waals surface area contributed by atoms with E-state index in [9.17, 15) is 4.79 Å². The van der Waals surface area contributed by atoms with Crippen LogP contribution in [0.1, 0.15) is 16.1 Å². The summed E-state index contributed by atoms with van der Waals surface area (Å²) in [6.07, 6.45) is 1.73. The molecule has 0 saturated heterocycles. The second kappa shape index (κ2) is 4.99. The molecule has 1 amide bonds. The second-order valence-electron chi connectivity index (χ2n) is 3.40. The first-order valence-electron chi connectivity index (χ1n) is 4.92. The van der Waals surface area contributed by atoms with E-state index in [4.69, 9.17) is 0 Å². The molecule has 0 saturated carbocycles. The number of rotatable bonds is 3. The largest absolute Gasteiger partial charge is 0.357 e. The van der Waals surface area contributed by atoms with Gasteiger partial charge >= 0.3 is 0 Å². The van der Waals surface area contributed by atoms with Crippen LogP contribution in [0, 0.1) is 0 Å². The third-order valence-electron chi connectivity index (χ3n) is 2.18. The summed E-state index contributed by atoms with van der Waals surface area (Å²) < 4.78 is 1.01. The first-order chi connectivity index (χ1) is 7.75. The molecule has 0 fully saturated rings. The Balaban J connectivity index is 1.95. The molecule has 0 aliphatic carbocycles. The van der Waals surface area contributed by atoms with E-state index in [0.717, 1.165) is 10.0 Å². The van der Waals surface area contributed by atoms with Crippen LogP contribution in [-0.4, -0.2) is 10.9 Å². The summed E-state index contributed by atoms with van der Waals surface area (Å²) in [5.41, 5.74) is 1.64. The molecule has 2 rings (SSSR count). The van der Waals surface area contributed by atoms with Gasteiger partial charge in [-0.3, -0.25) is 4.79 Å². The number of hydrogen-bond donors (Lipinski definition) is 2. The molecule has 2 aromatic rings. The van der Waals surface area contributed by atoms with Crippen LogP contribution in [0.15, 0.2) is 47.1 Å². The van der Waals surface area contributed by atoms with Crippen molar-refractivity contribution in [3.05, 3.63) is 58.3 Å². The van der Waals surface area contributed by atoms with Crippen molar-refractivity contribution in [3.63, 3.8) is 0 Å². The lowest BCUT2D eigenvalue weighted by Crippen LogP contribution is -2.22. The van der Waals surface area contributed by atoms with E-state index in [0.29, 0.717) is 12.2 Å². The molecule has 0 unspecified atom stereocenters. The number of carbonyl (C=O) groups is 1. The Hall–Kier alpha value is -1.55. The molecule has 0 spiro atoms. The van der Waals surface area contributed by atoms with E-state index in [1.807, 2.05) is 24.3 Å². The fourth-order valence-electron chi connectivity index (χ4n) is 1.40. The van der Waals surface area contributed by atoms with Crippen LogP contribution in [-0.2, 0) is 6.54 Å². The first kappa shape index (κ1) is 11.0. The van der Waals surface area contributed by atoms with Crippen molar-refractivity contribution in [2.45, 2.75) is 6.54 Å². The fraction of sp³-hybridized carbons (Fsp3) is 0.0833. The minimum Gasteiger partial charge on any atom is -0.357 e. The van der Waals surface area contributed by atoms with Gasteiger partial charge in [0.1, 0.15) is 5.69 Å². The molecule has 1 heterocycles. The van der Waals surface area contributed by atoms with Crippen molar-refractivity contribution in [2.24, 2.45) is 0 Å². The summed E-state index contributed by atoms with van der Waals surface area (Å²) in [6.45, 7) is 0.525. The van der Waals surface area contributed by atoms with Crippen molar-refractivity contribution in [1.82, 2.24) is 10.3 Å². The number of nitrogens with one attached hydrogen (secondary N) is 2. The summed E-state index contributed by atoms with van der Waals surface area (Å²) in [5, 5.41) is 2.84. The number of hydrogen-bond acceptors (Lipinski definition) is 1.